The van der Waals surface area contributed by atoms with E-state index in [-0.39, 0.29) is 4.90 Å². The fourth-order valence-electron chi connectivity index (χ4n) is 1.74. The van der Waals surface area contributed by atoms with Gasteiger partial charge in [-0.05, 0) is 29.8 Å². The molecule has 0 amide bonds. The van der Waals surface area contributed by atoms with E-state index in [9.17, 15) is 18.3 Å². The summed E-state index contributed by atoms with van der Waals surface area (Å²) in [5.41, 5.74) is 0.352. The van der Waals surface area contributed by atoms with Crippen molar-refractivity contribution in [2.45, 2.75) is 10.9 Å². The van der Waals surface area contributed by atoms with E-state index < -0.39 is 22.0 Å². The standard InChI is InChI=1S/C14H12BrNO4S/c15-11-8-6-10(7-9-11)13(14(17)18)16-21(19,20)12-4-2-1-3-5-12/h1-9,13,16H,(H,17,18)/t13-/m1/s1. The number of hydrogen-bond donors (Lipinski definition) is 2. The molecule has 0 aliphatic rings. The van der Waals surface area contributed by atoms with Gasteiger partial charge in [-0.1, -0.05) is 46.3 Å². The molecule has 1 atom stereocenters. The van der Waals surface area contributed by atoms with Crippen LogP contribution >= 0.6 is 15.9 Å². The Morgan fingerprint density at radius 3 is 2.14 bits per heavy atom. The van der Waals surface area contributed by atoms with E-state index in [2.05, 4.69) is 20.7 Å². The van der Waals surface area contributed by atoms with Gasteiger partial charge in [-0.3, -0.25) is 4.79 Å². The topological polar surface area (TPSA) is 83.5 Å². The lowest BCUT2D eigenvalue weighted by atomic mass is 10.1. The number of nitrogens with one attached hydrogen (secondary N) is 1. The summed E-state index contributed by atoms with van der Waals surface area (Å²) in [5, 5.41) is 9.27. The average molecular weight is 370 g/mol. The van der Waals surface area contributed by atoms with E-state index in [0.29, 0.717) is 5.56 Å². The maximum Gasteiger partial charge on any atom is 0.326 e. The number of benzene rings is 2. The molecule has 0 heterocycles. The fraction of sp³-hybridized carbons (Fsp3) is 0.0714. The van der Waals surface area contributed by atoms with Crippen molar-refractivity contribution in [2.24, 2.45) is 0 Å². The van der Waals surface area contributed by atoms with Crippen LogP contribution in [-0.2, 0) is 14.8 Å². The first-order chi connectivity index (χ1) is 9.90. The van der Waals surface area contributed by atoms with Crippen LogP contribution in [0.5, 0.6) is 0 Å². The Morgan fingerprint density at radius 2 is 1.62 bits per heavy atom. The van der Waals surface area contributed by atoms with Gasteiger partial charge in [-0.15, -0.1) is 0 Å². The van der Waals surface area contributed by atoms with Crippen LogP contribution in [0.25, 0.3) is 0 Å². The van der Waals surface area contributed by atoms with Crippen molar-refractivity contribution in [1.29, 1.82) is 0 Å². The Hall–Kier alpha value is -1.70. The molecule has 7 heteroatoms. The highest BCUT2D eigenvalue weighted by Crippen LogP contribution is 2.20. The number of aliphatic carboxylic acids is 1. The maximum absolute atomic E-state index is 12.2. The van der Waals surface area contributed by atoms with Crippen LogP contribution in [0.2, 0.25) is 0 Å². The molecule has 0 aliphatic carbocycles. The molecule has 0 fully saturated rings. The number of hydrogen-bond acceptors (Lipinski definition) is 3. The minimum Gasteiger partial charge on any atom is -0.480 e. The number of carbonyl (C=O) groups is 1. The van der Waals surface area contributed by atoms with Gasteiger partial charge in [0.25, 0.3) is 0 Å². The number of halogens is 1. The Balaban J connectivity index is 2.33. The summed E-state index contributed by atoms with van der Waals surface area (Å²) in [4.78, 5) is 11.4. The molecular weight excluding hydrogens is 358 g/mol. The summed E-state index contributed by atoms with van der Waals surface area (Å²) in [6.45, 7) is 0. The Bertz CT molecular complexity index is 729. The summed E-state index contributed by atoms with van der Waals surface area (Å²) < 4.78 is 27.4. The lowest BCUT2D eigenvalue weighted by Crippen LogP contribution is -2.33. The van der Waals surface area contributed by atoms with Crippen LogP contribution in [0, 0.1) is 0 Å². The molecule has 21 heavy (non-hydrogen) atoms. The van der Waals surface area contributed by atoms with Crippen LogP contribution in [0.3, 0.4) is 0 Å². The van der Waals surface area contributed by atoms with Gasteiger partial charge in [-0.2, -0.15) is 4.72 Å². The van der Waals surface area contributed by atoms with Gasteiger partial charge in [0.1, 0.15) is 6.04 Å². The zero-order valence-corrected chi connectivity index (χ0v) is 13.1. The summed E-state index contributed by atoms with van der Waals surface area (Å²) >= 11 is 3.24. The lowest BCUT2D eigenvalue weighted by molar-refractivity contribution is -0.139. The third-order valence-electron chi connectivity index (χ3n) is 2.78. The van der Waals surface area contributed by atoms with E-state index in [1.165, 1.54) is 12.1 Å². The van der Waals surface area contributed by atoms with Crippen molar-refractivity contribution in [3.05, 3.63) is 64.6 Å². The quantitative estimate of drug-likeness (QED) is 0.848. The van der Waals surface area contributed by atoms with Crippen molar-refractivity contribution in [3.63, 3.8) is 0 Å². The molecule has 5 nitrogen and oxygen atoms in total. The molecule has 0 spiro atoms. The van der Waals surface area contributed by atoms with Crippen molar-refractivity contribution in [1.82, 2.24) is 4.72 Å². The lowest BCUT2D eigenvalue weighted by Gasteiger charge is -2.15. The highest BCUT2D eigenvalue weighted by Gasteiger charge is 2.26. The Kier molecular flexibility index (Phi) is 4.76. The Labute approximate surface area is 130 Å². The third kappa shape index (κ3) is 3.90. The van der Waals surface area contributed by atoms with Gasteiger partial charge < -0.3 is 5.11 Å². The molecule has 0 saturated carbocycles. The molecule has 0 aromatic heterocycles. The van der Waals surface area contributed by atoms with Crippen LogP contribution in [-0.4, -0.2) is 19.5 Å². The van der Waals surface area contributed by atoms with Crippen LogP contribution < -0.4 is 4.72 Å². The van der Waals surface area contributed by atoms with Crippen LogP contribution in [0.1, 0.15) is 11.6 Å². The normalized spacial score (nSPS) is 12.8. The minimum atomic E-state index is -3.91. The SMILES string of the molecule is O=C(O)[C@H](NS(=O)(=O)c1ccccc1)c1ccc(Br)cc1. The van der Waals surface area contributed by atoms with Gasteiger partial charge in [0.05, 0.1) is 4.90 Å². The second-order valence-electron chi connectivity index (χ2n) is 4.26. The van der Waals surface area contributed by atoms with E-state index in [1.807, 2.05) is 0 Å². The summed E-state index contributed by atoms with van der Waals surface area (Å²) in [6.07, 6.45) is 0. The van der Waals surface area contributed by atoms with Crippen molar-refractivity contribution >= 4 is 31.9 Å². The van der Waals surface area contributed by atoms with Gasteiger partial charge in [0, 0.05) is 4.47 Å². The molecule has 2 N–H and O–H groups in total. The van der Waals surface area contributed by atoms with Gasteiger partial charge in [0.2, 0.25) is 10.0 Å². The molecule has 2 aromatic rings. The van der Waals surface area contributed by atoms with E-state index >= 15 is 0 Å². The summed E-state index contributed by atoms with van der Waals surface area (Å²) in [6, 6.07) is 12.7. The van der Waals surface area contributed by atoms with E-state index in [1.54, 1.807) is 42.5 Å². The zero-order valence-electron chi connectivity index (χ0n) is 10.7. The first-order valence-electron chi connectivity index (χ1n) is 5.96. The molecule has 110 valence electrons. The predicted octanol–water partition coefficient (Wildman–Crippen LogP) is 2.55. The van der Waals surface area contributed by atoms with Gasteiger partial charge >= 0.3 is 5.97 Å². The number of sulfonamides is 1. The molecule has 2 rings (SSSR count). The van der Waals surface area contributed by atoms with Crippen molar-refractivity contribution < 1.29 is 18.3 Å². The molecule has 0 bridgehead atoms. The average Bonchev–Trinajstić information content (AvgIpc) is 2.47. The zero-order chi connectivity index (χ0) is 15.5. The molecule has 0 saturated heterocycles. The predicted molar refractivity (Wildman–Crippen MR) is 81.3 cm³/mol. The van der Waals surface area contributed by atoms with E-state index in [4.69, 9.17) is 0 Å². The fourth-order valence-corrected chi connectivity index (χ4v) is 3.20. The summed E-state index contributed by atoms with van der Waals surface area (Å²) in [7, 11) is -3.91. The summed E-state index contributed by atoms with van der Waals surface area (Å²) in [5.74, 6) is -1.27. The number of carboxylic acids is 1. The second-order valence-corrected chi connectivity index (χ2v) is 6.89. The minimum absolute atomic E-state index is 0.0216. The molecule has 0 radical (unpaired) electrons. The van der Waals surface area contributed by atoms with Crippen molar-refractivity contribution in [3.8, 4) is 0 Å². The number of rotatable bonds is 5. The van der Waals surface area contributed by atoms with Gasteiger partial charge in [0.15, 0.2) is 0 Å². The highest BCUT2D eigenvalue weighted by atomic mass is 79.9. The highest BCUT2D eigenvalue weighted by molar-refractivity contribution is 9.10. The first kappa shape index (κ1) is 15.7. The third-order valence-corrected chi connectivity index (χ3v) is 4.74. The number of carboxylic acid groups (broad SMARTS) is 1. The molecular formula is C14H12BrNO4S. The van der Waals surface area contributed by atoms with Gasteiger partial charge in [-0.25, -0.2) is 8.42 Å². The molecule has 2 aromatic carbocycles. The smallest absolute Gasteiger partial charge is 0.326 e. The van der Waals surface area contributed by atoms with Crippen molar-refractivity contribution in [2.75, 3.05) is 0 Å². The first-order valence-corrected chi connectivity index (χ1v) is 8.23. The maximum atomic E-state index is 12.2. The molecule has 0 aliphatic heterocycles. The van der Waals surface area contributed by atoms with E-state index in [0.717, 1.165) is 4.47 Å². The largest absolute Gasteiger partial charge is 0.480 e. The second kappa shape index (κ2) is 6.38. The van der Waals surface area contributed by atoms with Crippen LogP contribution in [0.15, 0.2) is 64.0 Å². The Morgan fingerprint density at radius 1 is 1.05 bits per heavy atom. The monoisotopic (exact) mass is 369 g/mol. The molecule has 0 unspecified atom stereocenters. The van der Waals surface area contributed by atoms with Crippen LogP contribution in [0.4, 0.5) is 0 Å².